The Morgan fingerprint density at radius 3 is 2.05 bits per heavy atom. The molecule has 0 bridgehead atoms. The van der Waals surface area contributed by atoms with Gasteiger partial charge in [0.05, 0.1) is 6.42 Å². The molecule has 0 aromatic carbocycles. The summed E-state index contributed by atoms with van der Waals surface area (Å²) in [5.41, 5.74) is 0. The Balaban J connectivity index is 3.46. The SMILES string of the molecule is CCCCCC#CCCCC#CC#CCCC(=O)O. The fraction of sp³-hybridized carbons (Fsp3) is 0.588. The Morgan fingerprint density at radius 2 is 1.42 bits per heavy atom. The molecule has 0 saturated heterocycles. The van der Waals surface area contributed by atoms with E-state index in [4.69, 9.17) is 5.11 Å². The number of hydrogen-bond donors (Lipinski definition) is 1. The zero-order valence-corrected chi connectivity index (χ0v) is 11.7. The molecule has 0 aromatic rings. The molecule has 0 fully saturated rings. The van der Waals surface area contributed by atoms with E-state index in [1.165, 1.54) is 19.3 Å². The third-order valence-electron chi connectivity index (χ3n) is 2.34. The quantitative estimate of drug-likeness (QED) is 0.559. The number of hydrogen-bond acceptors (Lipinski definition) is 1. The van der Waals surface area contributed by atoms with E-state index in [1.54, 1.807) is 0 Å². The Labute approximate surface area is 117 Å². The molecule has 1 N–H and O–H groups in total. The lowest BCUT2D eigenvalue weighted by Crippen LogP contribution is -1.91. The van der Waals surface area contributed by atoms with Gasteiger partial charge in [-0.3, -0.25) is 4.79 Å². The lowest BCUT2D eigenvalue weighted by atomic mass is 10.2. The van der Waals surface area contributed by atoms with Gasteiger partial charge in [-0.05, 0) is 24.7 Å². The van der Waals surface area contributed by atoms with Gasteiger partial charge in [0.15, 0.2) is 0 Å². The number of carboxylic acid groups (broad SMARTS) is 1. The van der Waals surface area contributed by atoms with E-state index in [1.807, 2.05) is 0 Å². The van der Waals surface area contributed by atoms with Crippen molar-refractivity contribution in [3.8, 4) is 35.5 Å². The molecular formula is C17H22O2. The number of unbranched alkanes of at least 4 members (excludes halogenated alkanes) is 5. The van der Waals surface area contributed by atoms with Crippen molar-refractivity contribution in [2.45, 2.75) is 64.7 Å². The Hall–Kier alpha value is -1.85. The molecule has 19 heavy (non-hydrogen) atoms. The number of carbonyl (C=O) groups is 1. The molecule has 0 radical (unpaired) electrons. The molecule has 0 unspecified atom stereocenters. The fourth-order valence-corrected chi connectivity index (χ4v) is 1.29. The van der Waals surface area contributed by atoms with Crippen molar-refractivity contribution in [3.05, 3.63) is 0 Å². The van der Waals surface area contributed by atoms with Crippen LogP contribution in [0, 0.1) is 35.5 Å². The molecule has 0 atom stereocenters. The summed E-state index contributed by atoms with van der Waals surface area (Å²) in [5.74, 6) is 16.5. The third-order valence-corrected chi connectivity index (χ3v) is 2.34. The van der Waals surface area contributed by atoms with E-state index in [0.29, 0.717) is 6.42 Å². The highest BCUT2D eigenvalue weighted by Crippen LogP contribution is 1.97. The summed E-state index contributed by atoms with van der Waals surface area (Å²) in [6.07, 6.45) is 7.85. The average molecular weight is 258 g/mol. The van der Waals surface area contributed by atoms with Crippen LogP contribution in [0.4, 0.5) is 0 Å². The second kappa shape index (κ2) is 14.2. The van der Waals surface area contributed by atoms with Gasteiger partial charge < -0.3 is 5.11 Å². The fourth-order valence-electron chi connectivity index (χ4n) is 1.29. The molecule has 0 aromatic heterocycles. The smallest absolute Gasteiger partial charge is 0.304 e. The maximum Gasteiger partial charge on any atom is 0.304 e. The summed E-state index contributed by atoms with van der Waals surface area (Å²) >= 11 is 0. The van der Waals surface area contributed by atoms with Crippen LogP contribution in [0.15, 0.2) is 0 Å². The van der Waals surface area contributed by atoms with Gasteiger partial charge in [0, 0.05) is 25.7 Å². The van der Waals surface area contributed by atoms with E-state index in [-0.39, 0.29) is 6.42 Å². The minimum Gasteiger partial charge on any atom is -0.481 e. The minimum atomic E-state index is -0.820. The largest absolute Gasteiger partial charge is 0.481 e. The first-order chi connectivity index (χ1) is 9.27. The van der Waals surface area contributed by atoms with Crippen molar-refractivity contribution >= 4 is 5.97 Å². The molecule has 0 rings (SSSR count). The molecule has 0 heterocycles. The molecule has 0 aliphatic rings. The van der Waals surface area contributed by atoms with Crippen molar-refractivity contribution in [1.29, 1.82) is 0 Å². The topological polar surface area (TPSA) is 37.3 Å². The van der Waals surface area contributed by atoms with Crippen LogP contribution in [0.3, 0.4) is 0 Å². The van der Waals surface area contributed by atoms with Crippen LogP contribution in [-0.2, 0) is 4.79 Å². The van der Waals surface area contributed by atoms with Crippen molar-refractivity contribution < 1.29 is 9.90 Å². The summed E-state index contributed by atoms with van der Waals surface area (Å²) in [7, 11) is 0. The van der Waals surface area contributed by atoms with Crippen LogP contribution in [0.25, 0.3) is 0 Å². The first-order valence-electron chi connectivity index (χ1n) is 6.90. The second-order valence-corrected chi connectivity index (χ2v) is 4.16. The summed E-state index contributed by atoms with van der Waals surface area (Å²) in [4.78, 5) is 10.2. The minimum absolute atomic E-state index is 0.0856. The van der Waals surface area contributed by atoms with Gasteiger partial charge in [0.25, 0.3) is 0 Å². The predicted molar refractivity (Wildman–Crippen MR) is 78.2 cm³/mol. The molecule has 0 aliphatic carbocycles. The van der Waals surface area contributed by atoms with Crippen molar-refractivity contribution in [1.82, 2.24) is 0 Å². The van der Waals surface area contributed by atoms with Crippen molar-refractivity contribution in [3.63, 3.8) is 0 Å². The van der Waals surface area contributed by atoms with Gasteiger partial charge >= 0.3 is 5.97 Å². The van der Waals surface area contributed by atoms with Crippen LogP contribution >= 0.6 is 0 Å². The summed E-state index contributed by atoms with van der Waals surface area (Å²) in [5, 5.41) is 8.39. The van der Waals surface area contributed by atoms with Crippen LogP contribution < -0.4 is 0 Å². The lowest BCUT2D eigenvalue weighted by Gasteiger charge is -1.88. The zero-order valence-electron chi connectivity index (χ0n) is 11.7. The highest BCUT2D eigenvalue weighted by atomic mass is 16.4. The van der Waals surface area contributed by atoms with E-state index in [9.17, 15) is 4.79 Å². The molecule has 0 amide bonds. The molecule has 0 aliphatic heterocycles. The summed E-state index contributed by atoms with van der Waals surface area (Å²) < 4.78 is 0. The first kappa shape index (κ1) is 17.2. The monoisotopic (exact) mass is 258 g/mol. The van der Waals surface area contributed by atoms with Gasteiger partial charge in [-0.15, -0.1) is 11.8 Å². The van der Waals surface area contributed by atoms with E-state index < -0.39 is 5.97 Å². The first-order valence-corrected chi connectivity index (χ1v) is 6.90. The van der Waals surface area contributed by atoms with Crippen LogP contribution in [0.2, 0.25) is 0 Å². The van der Waals surface area contributed by atoms with E-state index in [0.717, 1.165) is 25.7 Å². The highest BCUT2D eigenvalue weighted by Gasteiger charge is 1.90. The van der Waals surface area contributed by atoms with Crippen LogP contribution in [0.5, 0.6) is 0 Å². The number of aliphatic carboxylic acids is 1. The van der Waals surface area contributed by atoms with E-state index >= 15 is 0 Å². The third kappa shape index (κ3) is 16.1. The van der Waals surface area contributed by atoms with Gasteiger partial charge in [-0.25, -0.2) is 0 Å². The van der Waals surface area contributed by atoms with Crippen LogP contribution in [0.1, 0.15) is 64.7 Å². The maximum absolute atomic E-state index is 10.2. The van der Waals surface area contributed by atoms with Gasteiger partial charge in [0.2, 0.25) is 0 Å². The van der Waals surface area contributed by atoms with Crippen molar-refractivity contribution in [2.75, 3.05) is 0 Å². The molecule has 0 spiro atoms. The van der Waals surface area contributed by atoms with Gasteiger partial charge in [-0.2, -0.15) is 0 Å². The Morgan fingerprint density at radius 1 is 0.842 bits per heavy atom. The molecule has 102 valence electrons. The average Bonchev–Trinajstić information content (AvgIpc) is 2.39. The highest BCUT2D eigenvalue weighted by molar-refractivity contribution is 5.67. The molecule has 0 saturated carbocycles. The Kier molecular flexibility index (Phi) is 12.8. The molecular weight excluding hydrogens is 236 g/mol. The van der Waals surface area contributed by atoms with Gasteiger partial charge in [-0.1, -0.05) is 31.6 Å². The van der Waals surface area contributed by atoms with Gasteiger partial charge in [0.1, 0.15) is 0 Å². The standard InChI is InChI=1S/C17H22O2/c1-2-3-4-5-6-7-8-9-10-11-12-13-14-15-16-17(18)19/h2-5,8-10,15-16H2,1H3,(H,18,19). The predicted octanol–water partition coefficient (Wildman–Crippen LogP) is 3.61. The van der Waals surface area contributed by atoms with Crippen molar-refractivity contribution in [2.24, 2.45) is 0 Å². The van der Waals surface area contributed by atoms with Crippen LogP contribution in [-0.4, -0.2) is 11.1 Å². The second-order valence-electron chi connectivity index (χ2n) is 4.16. The molecule has 2 heteroatoms. The normalized spacial score (nSPS) is 8.26. The lowest BCUT2D eigenvalue weighted by molar-refractivity contribution is -0.136. The summed E-state index contributed by atoms with van der Waals surface area (Å²) in [6.45, 7) is 2.19. The number of rotatable bonds is 7. The number of carboxylic acids is 1. The molecule has 2 nitrogen and oxygen atoms in total. The maximum atomic E-state index is 10.2. The summed E-state index contributed by atoms with van der Waals surface area (Å²) in [6, 6.07) is 0. The Bertz CT molecular complexity index is 415. The van der Waals surface area contributed by atoms with E-state index in [2.05, 4.69) is 42.4 Å². The zero-order chi connectivity index (χ0) is 14.2.